The molecule has 2 heterocycles. The highest BCUT2D eigenvalue weighted by Crippen LogP contribution is 2.25. The van der Waals surface area contributed by atoms with Crippen LogP contribution in [-0.2, 0) is 19.7 Å². The second-order valence-corrected chi connectivity index (χ2v) is 11.4. The summed E-state index contributed by atoms with van der Waals surface area (Å²) in [6.45, 7) is 1.10. The molecule has 0 aliphatic rings. The minimum atomic E-state index is -2.75. The largest absolute Gasteiger partial charge is 0.500 e. The predicted molar refractivity (Wildman–Crippen MR) is 143 cm³/mol. The fraction of sp³-hybridized carbons (Fsp3) is 0.455. The molecule has 0 saturated heterocycles. The Kier molecular flexibility index (Phi) is 9.84. The first-order valence-electron chi connectivity index (χ1n) is 11.8. The molecule has 0 aliphatic carbocycles. The van der Waals surface area contributed by atoms with Crippen molar-refractivity contribution in [2.75, 3.05) is 62.3 Å². The number of anilines is 5. The van der Waals surface area contributed by atoms with Crippen LogP contribution in [0.2, 0.25) is 6.04 Å². The Morgan fingerprint density at radius 2 is 1.30 bits per heavy atom. The molecule has 0 radical (unpaired) electrons. The van der Waals surface area contributed by atoms with E-state index in [4.69, 9.17) is 36.2 Å². The van der Waals surface area contributed by atoms with Crippen LogP contribution in [0.3, 0.4) is 0 Å². The fourth-order valence-corrected chi connectivity index (χ4v) is 5.74. The highest BCUT2D eigenvalue weighted by atomic mass is 28.4. The topological polar surface area (TPSA) is 212 Å². The third-order valence-electron chi connectivity index (χ3n) is 5.91. The fourth-order valence-electron chi connectivity index (χ4n) is 4.04. The zero-order valence-electron chi connectivity index (χ0n) is 21.4. The smallest absolute Gasteiger partial charge is 0.377 e. The monoisotopic (exact) mass is 529 g/mol. The van der Waals surface area contributed by atoms with Gasteiger partial charge >= 0.3 is 8.80 Å². The van der Waals surface area contributed by atoms with E-state index in [-0.39, 0.29) is 29.7 Å². The number of nitrogen functional groups attached to an aromatic ring is 4. The van der Waals surface area contributed by atoms with E-state index in [1.54, 1.807) is 21.3 Å². The van der Waals surface area contributed by atoms with E-state index in [0.29, 0.717) is 50.2 Å². The highest BCUT2D eigenvalue weighted by molar-refractivity contribution is 6.60. The van der Waals surface area contributed by atoms with Crippen molar-refractivity contribution < 1.29 is 13.3 Å². The van der Waals surface area contributed by atoms with Crippen molar-refractivity contribution in [3.63, 3.8) is 0 Å². The highest BCUT2D eigenvalue weighted by Gasteiger charge is 2.37. The molecule has 37 heavy (non-hydrogen) atoms. The predicted octanol–water partition coefficient (Wildman–Crippen LogP) is 0.877. The van der Waals surface area contributed by atoms with Crippen molar-refractivity contribution in [2.24, 2.45) is 0 Å². The minimum absolute atomic E-state index is 0.0424. The van der Waals surface area contributed by atoms with Gasteiger partial charge in [0.05, 0.1) is 0 Å². The maximum Gasteiger partial charge on any atom is 0.500 e. The summed E-state index contributed by atoms with van der Waals surface area (Å²) < 4.78 is 16.7. The van der Waals surface area contributed by atoms with Gasteiger partial charge in [-0.15, -0.1) is 0 Å². The van der Waals surface area contributed by atoms with Gasteiger partial charge in [-0.25, -0.2) is 0 Å². The Balaban J connectivity index is 1.84. The molecule has 200 valence electrons. The number of nitrogens with zero attached hydrogens (tertiary/aromatic N) is 7. The van der Waals surface area contributed by atoms with Crippen molar-refractivity contribution in [1.82, 2.24) is 29.9 Å². The molecule has 0 bridgehead atoms. The van der Waals surface area contributed by atoms with E-state index in [1.165, 1.54) is 0 Å². The molecule has 0 spiro atoms. The average Bonchev–Trinajstić information content (AvgIpc) is 2.87. The zero-order chi connectivity index (χ0) is 26.8. The molecule has 1 atom stereocenters. The lowest BCUT2D eigenvalue weighted by atomic mass is 9.95. The van der Waals surface area contributed by atoms with Crippen LogP contribution in [0.1, 0.15) is 30.1 Å². The van der Waals surface area contributed by atoms with Crippen molar-refractivity contribution >= 4 is 38.5 Å². The lowest BCUT2D eigenvalue weighted by Crippen LogP contribution is -2.43. The molecule has 2 aromatic heterocycles. The first-order chi connectivity index (χ1) is 17.8. The van der Waals surface area contributed by atoms with Crippen LogP contribution in [0.4, 0.5) is 29.7 Å². The minimum Gasteiger partial charge on any atom is -0.377 e. The summed E-state index contributed by atoms with van der Waals surface area (Å²) in [4.78, 5) is 27.1. The van der Waals surface area contributed by atoms with Crippen molar-refractivity contribution in [3.8, 4) is 0 Å². The van der Waals surface area contributed by atoms with Gasteiger partial charge in [0.2, 0.25) is 29.7 Å². The molecular weight excluding hydrogens is 494 g/mol. The van der Waals surface area contributed by atoms with Crippen LogP contribution < -0.4 is 27.8 Å². The molecule has 14 nitrogen and oxygen atoms in total. The molecule has 8 N–H and O–H groups in total. The summed E-state index contributed by atoms with van der Waals surface area (Å²) in [5.74, 6) is 1.03. The number of benzene rings is 1. The van der Waals surface area contributed by atoms with E-state index in [0.717, 1.165) is 5.56 Å². The molecule has 0 aliphatic heterocycles. The molecular formula is C22H35N11O3Si. The Bertz CT molecular complexity index is 1090. The van der Waals surface area contributed by atoms with E-state index in [9.17, 15) is 0 Å². The Morgan fingerprint density at radius 3 is 1.84 bits per heavy atom. The van der Waals surface area contributed by atoms with Gasteiger partial charge in [-0.3, -0.25) is 0 Å². The molecule has 1 unspecified atom stereocenters. The number of hydrogen-bond acceptors (Lipinski definition) is 14. The summed E-state index contributed by atoms with van der Waals surface area (Å²) in [7, 11) is 2.01. The average molecular weight is 530 g/mol. The number of rotatable bonds is 14. The van der Waals surface area contributed by atoms with Gasteiger partial charge in [-0.05, 0) is 24.8 Å². The van der Waals surface area contributed by atoms with E-state index < -0.39 is 8.80 Å². The third-order valence-corrected chi connectivity index (χ3v) is 8.74. The Labute approximate surface area is 217 Å². The van der Waals surface area contributed by atoms with Crippen molar-refractivity contribution in [1.29, 1.82) is 0 Å². The summed E-state index contributed by atoms with van der Waals surface area (Å²) in [6, 6.07) is 10.6. The molecule has 0 saturated carbocycles. The van der Waals surface area contributed by atoms with Gasteiger partial charge in [0, 0.05) is 46.4 Å². The summed E-state index contributed by atoms with van der Waals surface area (Å²) in [5, 5.41) is 0. The quantitative estimate of drug-likeness (QED) is 0.213. The van der Waals surface area contributed by atoms with Crippen LogP contribution in [-0.4, -0.2) is 73.1 Å². The van der Waals surface area contributed by atoms with Gasteiger partial charge < -0.3 is 41.1 Å². The Hall–Kier alpha value is -3.66. The molecule has 1 aromatic carbocycles. The second-order valence-electron chi connectivity index (χ2n) is 8.32. The van der Waals surface area contributed by atoms with Crippen LogP contribution >= 0.6 is 0 Å². The van der Waals surface area contributed by atoms with E-state index in [1.807, 2.05) is 23.1 Å². The number of aromatic nitrogens is 6. The van der Waals surface area contributed by atoms with Crippen LogP contribution in [0.15, 0.2) is 30.3 Å². The summed E-state index contributed by atoms with van der Waals surface area (Å²) in [6.07, 6.45) is 1.99. The van der Waals surface area contributed by atoms with Crippen LogP contribution in [0.25, 0.3) is 0 Å². The third kappa shape index (κ3) is 7.91. The summed E-state index contributed by atoms with van der Waals surface area (Å²) in [5.41, 5.74) is 24.6. The molecule has 0 fully saturated rings. The van der Waals surface area contributed by atoms with Crippen LogP contribution in [0.5, 0.6) is 0 Å². The van der Waals surface area contributed by atoms with E-state index in [2.05, 4.69) is 42.0 Å². The Morgan fingerprint density at radius 1 is 0.757 bits per heavy atom. The van der Waals surface area contributed by atoms with E-state index >= 15 is 0 Å². The first kappa shape index (κ1) is 27.9. The molecule has 15 heteroatoms. The lowest BCUT2D eigenvalue weighted by Gasteiger charge is -2.28. The van der Waals surface area contributed by atoms with Gasteiger partial charge in [-0.1, -0.05) is 30.3 Å². The van der Waals surface area contributed by atoms with Crippen LogP contribution in [0, 0.1) is 0 Å². The normalized spacial score (nSPS) is 12.4. The second kappa shape index (κ2) is 13.0. The number of nitrogens with two attached hydrogens (primary N) is 4. The van der Waals surface area contributed by atoms with Crippen molar-refractivity contribution in [2.45, 2.75) is 31.2 Å². The van der Waals surface area contributed by atoms with Gasteiger partial charge in [0.25, 0.3) is 0 Å². The summed E-state index contributed by atoms with van der Waals surface area (Å²) >= 11 is 0. The van der Waals surface area contributed by atoms with Gasteiger partial charge in [0.1, 0.15) is 5.82 Å². The lowest BCUT2D eigenvalue weighted by molar-refractivity contribution is 0.123. The maximum atomic E-state index is 5.88. The van der Waals surface area contributed by atoms with Crippen molar-refractivity contribution in [3.05, 3.63) is 41.7 Å². The van der Waals surface area contributed by atoms with Gasteiger partial charge in [-0.2, -0.15) is 29.9 Å². The maximum absolute atomic E-state index is 5.88. The molecule has 0 amide bonds. The molecule has 3 aromatic rings. The van der Waals surface area contributed by atoms with Gasteiger partial charge in [0.15, 0.2) is 0 Å². The first-order valence-corrected chi connectivity index (χ1v) is 13.7. The zero-order valence-corrected chi connectivity index (χ0v) is 22.4. The molecule has 3 rings (SSSR count). The SMILES string of the molecule is CO[Si](CCCN(CCC(Cc1ccccc1)c1nc(N)nc(N)n1)c1nc(N)nc(N)n1)(OC)OC. The number of hydrogen-bond donors (Lipinski definition) is 4. The standard InChI is InChI=1S/C22H35N11O3Si/c1-34-37(35-2,36-3)13-7-11-33(22-31-20(25)30-21(26)32-22)12-10-16(14-15-8-5-4-6-9-15)17-27-18(23)29-19(24)28-17/h4-6,8-9,16H,7,10-14H2,1-3H3,(H4,23,24,27,28,29)(H4,25,26,30,31,32).